The molecular formula is C15H26N2O. The van der Waals surface area contributed by atoms with Gasteiger partial charge in [-0.05, 0) is 45.1 Å². The molecule has 1 rings (SSSR count). The molecular weight excluding hydrogens is 224 g/mol. The van der Waals surface area contributed by atoms with E-state index in [-0.39, 0.29) is 0 Å². The van der Waals surface area contributed by atoms with Crippen LogP contribution in [0, 0.1) is 0 Å². The van der Waals surface area contributed by atoms with E-state index < -0.39 is 0 Å². The van der Waals surface area contributed by atoms with Crippen molar-refractivity contribution in [3.05, 3.63) is 24.3 Å². The Labute approximate surface area is 111 Å². The van der Waals surface area contributed by atoms with Crippen molar-refractivity contribution in [2.24, 2.45) is 0 Å². The lowest BCUT2D eigenvalue weighted by Gasteiger charge is -2.18. The van der Waals surface area contributed by atoms with Crippen LogP contribution in [0.15, 0.2) is 24.3 Å². The minimum atomic E-state index is 0.706. The molecule has 1 N–H and O–H groups in total. The molecule has 0 aliphatic carbocycles. The van der Waals surface area contributed by atoms with Crippen LogP contribution in [0.5, 0.6) is 5.75 Å². The van der Waals surface area contributed by atoms with Gasteiger partial charge in [0.1, 0.15) is 5.75 Å². The van der Waals surface area contributed by atoms with Gasteiger partial charge in [0.05, 0.1) is 12.3 Å². The molecule has 0 spiro atoms. The lowest BCUT2D eigenvalue weighted by Crippen LogP contribution is -2.25. The molecule has 3 heteroatoms. The van der Waals surface area contributed by atoms with Crippen molar-refractivity contribution in [2.75, 3.05) is 38.1 Å². The van der Waals surface area contributed by atoms with E-state index in [0.717, 1.165) is 44.0 Å². The van der Waals surface area contributed by atoms with Gasteiger partial charge in [-0.1, -0.05) is 26.0 Å². The predicted molar refractivity (Wildman–Crippen MR) is 78.5 cm³/mol. The highest BCUT2D eigenvalue weighted by molar-refractivity contribution is 5.56. The largest absolute Gasteiger partial charge is 0.492 e. The van der Waals surface area contributed by atoms with Crippen LogP contribution in [-0.2, 0) is 0 Å². The van der Waals surface area contributed by atoms with E-state index in [0.29, 0.717) is 6.61 Å². The van der Waals surface area contributed by atoms with Crippen LogP contribution in [-0.4, -0.2) is 37.7 Å². The zero-order valence-corrected chi connectivity index (χ0v) is 11.9. The lowest BCUT2D eigenvalue weighted by atomic mass is 10.3. The topological polar surface area (TPSA) is 24.5 Å². The summed E-state index contributed by atoms with van der Waals surface area (Å²) in [5, 5.41) is 3.45. The Hall–Kier alpha value is -1.22. The quantitative estimate of drug-likeness (QED) is 0.681. The summed E-state index contributed by atoms with van der Waals surface area (Å²) in [5.41, 5.74) is 1.10. The average Bonchev–Trinajstić information content (AvgIpc) is 2.41. The van der Waals surface area contributed by atoms with Crippen LogP contribution < -0.4 is 10.1 Å². The maximum Gasteiger partial charge on any atom is 0.142 e. The summed E-state index contributed by atoms with van der Waals surface area (Å²) >= 11 is 0. The van der Waals surface area contributed by atoms with E-state index in [9.17, 15) is 0 Å². The van der Waals surface area contributed by atoms with Crippen LogP contribution in [0.3, 0.4) is 0 Å². The molecule has 0 saturated carbocycles. The van der Waals surface area contributed by atoms with Gasteiger partial charge < -0.3 is 15.0 Å². The van der Waals surface area contributed by atoms with Gasteiger partial charge >= 0.3 is 0 Å². The predicted octanol–water partition coefficient (Wildman–Crippen LogP) is 3.23. The summed E-state index contributed by atoms with van der Waals surface area (Å²) in [6.07, 6.45) is 1.15. The fourth-order valence-electron chi connectivity index (χ4n) is 1.96. The van der Waals surface area contributed by atoms with Crippen molar-refractivity contribution in [1.82, 2.24) is 4.90 Å². The molecule has 0 fully saturated rings. The van der Waals surface area contributed by atoms with E-state index in [2.05, 4.69) is 30.1 Å². The summed E-state index contributed by atoms with van der Waals surface area (Å²) in [6.45, 7) is 11.5. The van der Waals surface area contributed by atoms with E-state index in [4.69, 9.17) is 4.74 Å². The Bertz CT molecular complexity index is 324. The monoisotopic (exact) mass is 250 g/mol. The molecule has 102 valence electrons. The van der Waals surface area contributed by atoms with Gasteiger partial charge in [0.25, 0.3) is 0 Å². The molecule has 0 amide bonds. The number of benzene rings is 1. The molecule has 3 nitrogen and oxygen atoms in total. The molecule has 0 radical (unpaired) electrons. The zero-order chi connectivity index (χ0) is 13.2. The highest BCUT2D eigenvalue weighted by atomic mass is 16.5. The molecule has 0 aromatic heterocycles. The van der Waals surface area contributed by atoms with Crippen LogP contribution in [0.25, 0.3) is 0 Å². The fraction of sp³-hybridized carbons (Fsp3) is 0.600. The van der Waals surface area contributed by atoms with Crippen molar-refractivity contribution in [1.29, 1.82) is 0 Å². The first-order valence-corrected chi connectivity index (χ1v) is 6.99. The molecule has 0 bridgehead atoms. The number of nitrogens with zero attached hydrogens (tertiary/aromatic N) is 1. The smallest absolute Gasteiger partial charge is 0.142 e. The van der Waals surface area contributed by atoms with Gasteiger partial charge in [0.2, 0.25) is 0 Å². The summed E-state index contributed by atoms with van der Waals surface area (Å²) < 4.78 is 5.58. The first-order chi connectivity index (χ1) is 8.81. The standard InChI is InChI=1S/C15H26N2O/c1-4-17(5-2)13-9-12-16-14-10-7-8-11-15(14)18-6-3/h7-8,10-11,16H,4-6,9,12-13H2,1-3H3. The van der Waals surface area contributed by atoms with Crippen LogP contribution in [0.2, 0.25) is 0 Å². The fourth-order valence-corrected chi connectivity index (χ4v) is 1.96. The molecule has 1 aromatic rings. The van der Waals surface area contributed by atoms with Gasteiger partial charge in [-0.25, -0.2) is 0 Å². The molecule has 1 aromatic carbocycles. The number of ether oxygens (including phenoxy) is 1. The van der Waals surface area contributed by atoms with Crippen LogP contribution in [0.1, 0.15) is 27.2 Å². The van der Waals surface area contributed by atoms with Gasteiger partial charge in [-0.15, -0.1) is 0 Å². The Morgan fingerprint density at radius 1 is 1.11 bits per heavy atom. The van der Waals surface area contributed by atoms with Crippen LogP contribution >= 0.6 is 0 Å². The Morgan fingerprint density at radius 3 is 2.50 bits per heavy atom. The average molecular weight is 250 g/mol. The second-order valence-corrected chi connectivity index (χ2v) is 4.24. The van der Waals surface area contributed by atoms with Gasteiger partial charge in [0.15, 0.2) is 0 Å². The number of anilines is 1. The third-order valence-corrected chi connectivity index (χ3v) is 3.05. The molecule has 0 aliphatic heterocycles. The molecule has 0 atom stereocenters. The molecule has 0 saturated heterocycles. The Kier molecular flexibility index (Phi) is 7.26. The number of hydrogen-bond acceptors (Lipinski definition) is 3. The second-order valence-electron chi connectivity index (χ2n) is 4.24. The minimum absolute atomic E-state index is 0.706. The van der Waals surface area contributed by atoms with Crippen molar-refractivity contribution >= 4 is 5.69 Å². The normalized spacial score (nSPS) is 10.7. The van der Waals surface area contributed by atoms with Gasteiger partial charge in [-0.3, -0.25) is 0 Å². The second kappa shape index (κ2) is 8.81. The van der Waals surface area contributed by atoms with E-state index >= 15 is 0 Å². The highest BCUT2D eigenvalue weighted by Crippen LogP contribution is 2.23. The summed E-state index contributed by atoms with van der Waals surface area (Å²) in [7, 11) is 0. The molecule has 0 unspecified atom stereocenters. The van der Waals surface area contributed by atoms with Gasteiger partial charge in [0, 0.05) is 6.54 Å². The SMILES string of the molecule is CCOc1ccccc1NCCCN(CC)CC. The van der Waals surface area contributed by atoms with E-state index in [1.807, 2.05) is 25.1 Å². The third kappa shape index (κ3) is 4.96. The molecule has 0 heterocycles. The maximum absolute atomic E-state index is 5.58. The molecule has 0 aliphatic rings. The number of nitrogens with one attached hydrogen (secondary N) is 1. The number of para-hydroxylation sites is 2. The Morgan fingerprint density at radius 2 is 1.83 bits per heavy atom. The van der Waals surface area contributed by atoms with Crippen molar-refractivity contribution in [2.45, 2.75) is 27.2 Å². The summed E-state index contributed by atoms with van der Waals surface area (Å²) in [5.74, 6) is 0.947. The molecule has 18 heavy (non-hydrogen) atoms. The number of rotatable bonds is 9. The first-order valence-electron chi connectivity index (χ1n) is 6.99. The minimum Gasteiger partial charge on any atom is -0.492 e. The summed E-state index contributed by atoms with van der Waals surface area (Å²) in [4.78, 5) is 2.44. The highest BCUT2D eigenvalue weighted by Gasteiger charge is 2.02. The van der Waals surface area contributed by atoms with Gasteiger partial charge in [-0.2, -0.15) is 0 Å². The third-order valence-electron chi connectivity index (χ3n) is 3.05. The van der Waals surface area contributed by atoms with Crippen molar-refractivity contribution in [3.63, 3.8) is 0 Å². The number of hydrogen-bond donors (Lipinski definition) is 1. The van der Waals surface area contributed by atoms with E-state index in [1.54, 1.807) is 0 Å². The van der Waals surface area contributed by atoms with Crippen LogP contribution in [0.4, 0.5) is 5.69 Å². The lowest BCUT2D eigenvalue weighted by molar-refractivity contribution is 0.302. The first kappa shape index (κ1) is 14.8. The summed E-state index contributed by atoms with van der Waals surface area (Å²) in [6, 6.07) is 8.12. The van der Waals surface area contributed by atoms with E-state index in [1.165, 1.54) is 0 Å². The van der Waals surface area contributed by atoms with Crippen molar-refractivity contribution < 1.29 is 4.74 Å². The Balaban J connectivity index is 2.34. The maximum atomic E-state index is 5.58. The zero-order valence-electron chi connectivity index (χ0n) is 11.9. The van der Waals surface area contributed by atoms with Crippen molar-refractivity contribution in [3.8, 4) is 5.75 Å².